The van der Waals surface area contributed by atoms with Crippen LogP contribution in [0.5, 0.6) is 5.75 Å². The van der Waals surface area contributed by atoms with E-state index in [0.717, 1.165) is 11.3 Å². The van der Waals surface area contributed by atoms with Gasteiger partial charge in [-0.2, -0.15) is 0 Å². The number of hydrogen-bond acceptors (Lipinski definition) is 3. The lowest BCUT2D eigenvalue weighted by Crippen LogP contribution is -2.37. The van der Waals surface area contributed by atoms with E-state index >= 15 is 0 Å². The van der Waals surface area contributed by atoms with Crippen LogP contribution >= 0.6 is 0 Å². The Labute approximate surface area is 115 Å². The van der Waals surface area contributed by atoms with Gasteiger partial charge in [0.1, 0.15) is 5.75 Å². The molecule has 0 aliphatic rings. The van der Waals surface area contributed by atoms with E-state index in [1.54, 1.807) is 0 Å². The Morgan fingerprint density at radius 3 is 2.47 bits per heavy atom. The lowest BCUT2D eigenvalue weighted by Gasteiger charge is -2.22. The summed E-state index contributed by atoms with van der Waals surface area (Å²) in [5.41, 5.74) is 6.15. The predicted octanol–water partition coefficient (Wildman–Crippen LogP) is 2.08. The highest BCUT2D eigenvalue weighted by atomic mass is 16.5. The smallest absolute Gasteiger partial charge is 0.225 e. The van der Waals surface area contributed by atoms with Crippen LogP contribution in [0, 0.1) is 5.41 Å². The van der Waals surface area contributed by atoms with Crippen LogP contribution in [0.2, 0.25) is 0 Å². The number of nitrogens with two attached hydrogens (primary N) is 1. The molecular weight excluding hydrogens is 240 g/mol. The van der Waals surface area contributed by atoms with Crippen LogP contribution < -0.4 is 15.8 Å². The fraction of sp³-hybridized carbons (Fsp3) is 0.533. The van der Waals surface area contributed by atoms with Crippen molar-refractivity contribution in [2.45, 2.75) is 33.7 Å². The molecule has 1 aromatic rings. The molecule has 0 heterocycles. The van der Waals surface area contributed by atoms with Gasteiger partial charge in [0.25, 0.3) is 0 Å². The Hall–Kier alpha value is -1.55. The summed E-state index contributed by atoms with van der Waals surface area (Å²) in [6.45, 7) is 7.47. The zero-order chi connectivity index (χ0) is 14.3. The molecule has 0 bridgehead atoms. The highest BCUT2D eigenvalue weighted by Gasteiger charge is 2.25. The Kier molecular flexibility index (Phi) is 5.83. The number of nitrogens with one attached hydrogen (secondary N) is 1. The van der Waals surface area contributed by atoms with Gasteiger partial charge in [-0.3, -0.25) is 4.79 Å². The molecule has 106 valence electrons. The topological polar surface area (TPSA) is 64.3 Å². The van der Waals surface area contributed by atoms with Crippen LogP contribution in [0.15, 0.2) is 24.3 Å². The molecule has 1 amide bonds. The molecular formula is C15H24N2O2. The van der Waals surface area contributed by atoms with Gasteiger partial charge in [-0.15, -0.1) is 0 Å². The Morgan fingerprint density at radius 2 is 1.95 bits per heavy atom. The number of carbonyl (C=O) groups is 1. The first kappa shape index (κ1) is 15.5. The van der Waals surface area contributed by atoms with Crippen LogP contribution in [0.25, 0.3) is 0 Å². The first-order chi connectivity index (χ1) is 8.99. The molecule has 0 aliphatic carbocycles. The van der Waals surface area contributed by atoms with Gasteiger partial charge < -0.3 is 15.8 Å². The lowest BCUT2D eigenvalue weighted by molar-refractivity contribution is -0.129. The molecule has 0 fully saturated rings. The van der Waals surface area contributed by atoms with E-state index in [-0.39, 0.29) is 5.91 Å². The zero-order valence-electron chi connectivity index (χ0n) is 12.0. The third kappa shape index (κ3) is 4.91. The Morgan fingerprint density at radius 1 is 1.32 bits per heavy atom. The fourth-order valence-electron chi connectivity index (χ4n) is 1.77. The van der Waals surface area contributed by atoms with Crippen LogP contribution in [0.1, 0.15) is 32.8 Å². The van der Waals surface area contributed by atoms with Crippen LogP contribution in [-0.2, 0) is 11.3 Å². The van der Waals surface area contributed by atoms with Gasteiger partial charge in [-0.25, -0.2) is 0 Å². The fourth-order valence-corrected chi connectivity index (χ4v) is 1.77. The normalized spacial score (nSPS) is 11.2. The third-order valence-corrected chi connectivity index (χ3v) is 3.07. The van der Waals surface area contributed by atoms with E-state index in [1.165, 1.54) is 0 Å². The van der Waals surface area contributed by atoms with Crippen molar-refractivity contribution >= 4 is 5.91 Å². The molecule has 0 aliphatic heterocycles. The van der Waals surface area contributed by atoms with Crippen LogP contribution in [-0.4, -0.2) is 19.1 Å². The van der Waals surface area contributed by atoms with E-state index in [2.05, 4.69) is 5.32 Å². The summed E-state index contributed by atoms with van der Waals surface area (Å²) in [4.78, 5) is 12.0. The summed E-state index contributed by atoms with van der Waals surface area (Å²) in [6.07, 6.45) is 0.683. The summed E-state index contributed by atoms with van der Waals surface area (Å²) in [7, 11) is 0. The molecule has 0 saturated carbocycles. The summed E-state index contributed by atoms with van der Waals surface area (Å²) in [5, 5.41) is 2.94. The van der Waals surface area contributed by atoms with Crippen molar-refractivity contribution in [3.63, 3.8) is 0 Å². The van der Waals surface area contributed by atoms with Gasteiger partial charge >= 0.3 is 0 Å². The van der Waals surface area contributed by atoms with Crippen molar-refractivity contribution in [3.8, 4) is 5.75 Å². The van der Waals surface area contributed by atoms with Crippen molar-refractivity contribution in [2.24, 2.45) is 11.1 Å². The van der Waals surface area contributed by atoms with Gasteiger partial charge in [0.15, 0.2) is 0 Å². The standard InChI is InChI=1S/C15H24N2O2/c1-4-19-13-7-5-12(6-8-13)11-17-14(18)15(2,3)9-10-16/h5-8H,4,9-11,16H2,1-3H3,(H,17,18). The quantitative estimate of drug-likeness (QED) is 0.792. The van der Waals surface area contributed by atoms with E-state index in [1.807, 2.05) is 45.0 Å². The molecule has 0 unspecified atom stereocenters. The minimum Gasteiger partial charge on any atom is -0.494 e. The van der Waals surface area contributed by atoms with E-state index in [4.69, 9.17) is 10.5 Å². The monoisotopic (exact) mass is 264 g/mol. The van der Waals surface area contributed by atoms with Crippen molar-refractivity contribution in [2.75, 3.05) is 13.2 Å². The maximum atomic E-state index is 12.0. The van der Waals surface area contributed by atoms with Gasteiger partial charge in [0.05, 0.1) is 6.61 Å². The van der Waals surface area contributed by atoms with Gasteiger partial charge in [0.2, 0.25) is 5.91 Å². The Bertz CT molecular complexity index is 399. The van der Waals surface area contributed by atoms with Crippen molar-refractivity contribution in [1.29, 1.82) is 0 Å². The molecule has 4 heteroatoms. The number of ether oxygens (including phenoxy) is 1. The summed E-state index contributed by atoms with van der Waals surface area (Å²) in [5.74, 6) is 0.882. The summed E-state index contributed by atoms with van der Waals surface area (Å²) < 4.78 is 5.37. The molecule has 0 saturated heterocycles. The second kappa shape index (κ2) is 7.14. The predicted molar refractivity (Wildman–Crippen MR) is 76.9 cm³/mol. The minimum atomic E-state index is -0.417. The number of benzene rings is 1. The van der Waals surface area contributed by atoms with Crippen molar-refractivity contribution in [1.82, 2.24) is 5.32 Å². The first-order valence-corrected chi connectivity index (χ1v) is 6.69. The molecule has 0 atom stereocenters. The van der Waals surface area contributed by atoms with Crippen LogP contribution in [0.4, 0.5) is 0 Å². The first-order valence-electron chi connectivity index (χ1n) is 6.69. The maximum absolute atomic E-state index is 12.0. The number of amides is 1. The second-order valence-corrected chi connectivity index (χ2v) is 5.18. The van der Waals surface area contributed by atoms with Crippen LogP contribution in [0.3, 0.4) is 0 Å². The molecule has 0 radical (unpaired) electrons. The molecule has 3 N–H and O–H groups in total. The van der Waals surface area contributed by atoms with Crippen molar-refractivity contribution in [3.05, 3.63) is 29.8 Å². The molecule has 0 spiro atoms. The summed E-state index contributed by atoms with van der Waals surface area (Å²) >= 11 is 0. The lowest BCUT2D eigenvalue weighted by atomic mass is 9.88. The van der Waals surface area contributed by atoms with Gasteiger partial charge in [-0.1, -0.05) is 26.0 Å². The average Bonchev–Trinajstić information content (AvgIpc) is 2.38. The van der Waals surface area contributed by atoms with E-state index in [0.29, 0.717) is 26.1 Å². The Balaban J connectivity index is 2.50. The number of rotatable bonds is 7. The number of carbonyl (C=O) groups excluding carboxylic acids is 1. The van der Waals surface area contributed by atoms with Gasteiger partial charge in [-0.05, 0) is 37.6 Å². The number of hydrogen-bond donors (Lipinski definition) is 2. The van der Waals surface area contributed by atoms with E-state index < -0.39 is 5.41 Å². The molecule has 4 nitrogen and oxygen atoms in total. The zero-order valence-corrected chi connectivity index (χ0v) is 12.0. The SMILES string of the molecule is CCOc1ccc(CNC(=O)C(C)(C)CCN)cc1. The highest BCUT2D eigenvalue weighted by molar-refractivity contribution is 5.81. The molecule has 19 heavy (non-hydrogen) atoms. The minimum absolute atomic E-state index is 0.0341. The largest absolute Gasteiger partial charge is 0.494 e. The maximum Gasteiger partial charge on any atom is 0.225 e. The molecule has 1 rings (SSSR count). The summed E-state index contributed by atoms with van der Waals surface area (Å²) in [6, 6.07) is 7.74. The average molecular weight is 264 g/mol. The molecule has 1 aromatic carbocycles. The van der Waals surface area contributed by atoms with Crippen molar-refractivity contribution < 1.29 is 9.53 Å². The van der Waals surface area contributed by atoms with E-state index in [9.17, 15) is 4.79 Å². The van der Waals surface area contributed by atoms with Gasteiger partial charge in [0, 0.05) is 12.0 Å². The molecule has 0 aromatic heterocycles. The second-order valence-electron chi connectivity index (χ2n) is 5.18. The third-order valence-electron chi connectivity index (χ3n) is 3.07. The highest BCUT2D eigenvalue weighted by Crippen LogP contribution is 2.19.